The number of carbonyl (C=O) groups excluding carboxylic acids is 1. The van der Waals surface area contributed by atoms with E-state index in [1.165, 1.54) is 15.4 Å². The minimum absolute atomic E-state index is 0.0154. The van der Waals surface area contributed by atoms with Gasteiger partial charge in [-0.15, -0.1) is 0 Å². The van der Waals surface area contributed by atoms with Crippen molar-refractivity contribution in [2.24, 2.45) is 0 Å². The number of ketones is 1. The Labute approximate surface area is 190 Å². The Bertz CT molecular complexity index is 967. The Morgan fingerprint density at radius 2 is 1.65 bits per heavy atom. The summed E-state index contributed by atoms with van der Waals surface area (Å²) in [4.78, 5) is 11.3. The molecule has 0 bridgehead atoms. The Balaban J connectivity index is 1.53. The molecule has 3 rings (SSSR count). The maximum atomic E-state index is 12.9. The summed E-state index contributed by atoms with van der Waals surface area (Å²) in [6, 6.07) is 15.0. The molecule has 2 aromatic carbocycles. The fourth-order valence-corrected chi connectivity index (χ4v) is 5.69. The van der Waals surface area contributed by atoms with Crippen LogP contribution in [0, 0.1) is 0 Å². The van der Waals surface area contributed by atoms with E-state index in [2.05, 4.69) is 29.6 Å². The summed E-state index contributed by atoms with van der Waals surface area (Å²) < 4.78 is 27.4. The molecule has 1 saturated carbocycles. The third kappa shape index (κ3) is 6.39. The van der Waals surface area contributed by atoms with Gasteiger partial charge in [0.15, 0.2) is 0 Å². The number of sulfonamides is 1. The van der Waals surface area contributed by atoms with Crippen molar-refractivity contribution in [1.82, 2.24) is 9.62 Å². The number of benzene rings is 2. The number of hydrogen-bond acceptors (Lipinski definition) is 4. The number of Topliss-reactive ketones (excluding diaryl/α,β-unsaturated/α-hetero) is 1. The van der Waals surface area contributed by atoms with Crippen molar-refractivity contribution >= 4 is 27.4 Å². The molecule has 0 unspecified atom stereocenters. The van der Waals surface area contributed by atoms with E-state index in [1.807, 2.05) is 0 Å². The Morgan fingerprint density at radius 3 is 2.23 bits per heavy atom. The molecule has 0 spiro atoms. The summed E-state index contributed by atoms with van der Waals surface area (Å²) in [5, 5.41) is 3.82. The first-order valence-electron chi connectivity index (χ1n) is 10.8. The third-order valence-corrected chi connectivity index (χ3v) is 8.31. The van der Waals surface area contributed by atoms with Crippen LogP contribution in [0.1, 0.15) is 56.1 Å². The van der Waals surface area contributed by atoms with Gasteiger partial charge in [0.1, 0.15) is 5.78 Å². The fourth-order valence-electron chi connectivity index (χ4n) is 4.15. The molecule has 1 N–H and O–H groups in total. The van der Waals surface area contributed by atoms with E-state index >= 15 is 0 Å². The number of nitrogens with zero attached hydrogens (tertiary/aromatic N) is 1. The molecule has 0 aromatic heterocycles. The van der Waals surface area contributed by atoms with Gasteiger partial charge in [0, 0.05) is 37.6 Å². The van der Waals surface area contributed by atoms with Gasteiger partial charge in [-0.3, -0.25) is 4.79 Å². The van der Waals surface area contributed by atoms with Crippen LogP contribution in [0.25, 0.3) is 0 Å². The second-order valence-electron chi connectivity index (χ2n) is 8.35. The molecule has 1 aliphatic rings. The van der Waals surface area contributed by atoms with Gasteiger partial charge in [-0.05, 0) is 73.9 Å². The molecule has 0 radical (unpaired) electrons. The van der Waals surface area contributed by atoms with Crippen LogP contribution in [-0.4, -0.2) is 38.1 Å². The van der Waals surface area contributed by atoms with Crippen molar-refractivity contribution in [1.29, 1.82) is 0 Å². The van der Waals surface area contributed by atoms with Crippen molar-refractivity contribution in [3.05, 3.63) is 64.7 Å². The van der Waals surface area contributed by atoms with Gasteiger partial charge in [-0.1, -0.05) is 35.9 Å². The molecule has 0 saturated heterocycles. The van der Waals surface area contributed by atoms with Crippen molar-refractivity contribution in [3.8, 4) is 0 Å². The van der Waals surface area contributed by atoms with Crippen molar-refractivity contribution in [2.75, 3.05) is 13.6 Å². The average molecular weight is 463 g/mol. The lowest BCUT2D eigenvalue weighted by Gasteiger charge is -2.34. The highest BCUT2D eigenvalue weighted by molar-refractivity contribution is 7.89. The number of halogens is 1. The molecule has 0 amide bonds. The molecule has 5 nitrogen and oxygen atoms in total. The van der Waals surface area contributed by atoms with Crippen LogP contribution < -0.4 is 5.32 Å². The Hall–Kier alpha value is -1.73. The number of nitrogens with one attached hydrogen (secondary N) is 1. The molecule has 7 heteroatoms. The first-order valence-corrected chi connectivity index (χ1v) is 12.6. The van der Waals surface area contributed by atoms with E-state index in [9.17, 15) is 13.2 Å². The van der Waals surface area contributed by atoms with E-state index in [0.717, 1.165) is 32.2 Å². The molecule has 1 fully saturated rings. The smallest absolute Gasteiger partial charge is 0.243 e. The van der Waals surface area contributed by atoms with Crippen LogP contribution in [0.5, 0.6) is 0 Å². The van der Waals surface area contributed by atoms with E-state index < -0.39 is 10.0 Å². The van der Waals surface area contributed by atoms with Gasteiger partial charge in [0.2, 0.25) is 10.0 Å². The molecule has 0 atom stereocenters. The van der Waals surface area contributed by atoms with Crippen LogP contribution in [0.4, 0.5) is 0 Å². The van der Waals surface area contributed by atoms with Crippen LogP contribution in [-0.2, 0) is 21.4 Å². The summed E-state index contributed by atoms with van der Waals surface area (Å²) in [5.74, 6) is 0.660. The topological polar surface area (TPSA) is 66.5 Å². The summed E-state index contributed by atoms with van der Waals surface area (Å²) in [6.07, 6.45) is 4.21. The monoisotopic (exact) mass is 462 g/mol. The second kappa shape index (κ2) is 10.7. The summed E-state index contributed by atoms with van der Waals surface area (Å²) in [7, 11) is -1.83. The van der Waals surface area contributed by atoms with Crippen molar-refractivity contribution < 1.29 is 13.2 Å². The third-order valence-electron chi connectivity index (χ3n) is 6.14. The fraction of sp³-hybridized carbons (Fsp3) is 0.458. The molecule has 168 valence electrons. The summed E-state index contributed by atoms with van der Waals surface area (Å²) in [5.41, 5.74) is 2.52. The maximum absolute atomic E-state index is 12.9. The van der Waals surface area contributed by atoms with Gasteiger partial charge < -0.3 is 5.32 Å². The van der Waals surface area contributed by atoms with Gasteiger partial charge in [0.25, 0.3) is 0 Å². The zero-order valence-electron chi connectivity index (χ0n) is 18.2. The molecule has 2 aromatic rings. The van der Waals surface area contributed by atoms with Crippen LogP contribution in [0.15, 0.2) is 53.4 Å². The second-order valence-corrected chi connectivity index (χ2v) is 10.8. The van der Waals surface area contributed by atoms with E-state index in [4.69, 9.17) is 11.6 Å². The lowest BCUT2D eigenvalue weighted by atomic mass is 9.81. The summed E-state index contributed by atoms with van der Waals surface area (Å²) >= 11 is 5.89. The van der Waals surface area contributed by atoms with Gasteiger partial charge in [-0.2, -0.15) is 4.31 Å². The molecular weight excluding hydrogens is 432 g/mol. The summed E-state index contributed by atoms with van der Waals surface area (Å²) in [6.45, 7) is 3.07. The van der Waals surface area contributed by atoms with E-state index in [0.29, 0.717) is 23.9 Å². The van der Waals surface area contributed by atoms with E-state index in [1.54, 1.807) is 38.2 Å². The number of carbonyl (C=O) groups is 1. The highest BCUT2D eigenvalue weighted by Gasteiger charge is 2.31. The van der Waals surface area contributed by atoms with Gasteiger partial charge in [-0.25, -0.2) is 8.42 Å². The molecule has 0 aliphatic heterocycles. The maximum Gasteiger partial charge on any atom is 0.243 e. The minimum Gasteiger partial charge on any atom is -0.312 e. The average Bonchev–Trinajstić information content (AvgIpc) is 2.77. The first kappa shape index (κ1) is 23.9. The zero-order chi connectivity index (χ0) is 22.4. The highest BCUT2D eigenvalue weighted by Crippen LogP contribution is 2.36. The predicted octanol–water partition coefficient (Wildman–Crippen LogP) is 4.76. The molecule has 0 heterocycles. The van der Waals surface area contributed by atoms with E-state index in [-0.39, 0.29) is 16.7 Å². The van der Waals surface area contributed by atoms with Crippen LogP contribution in [0.3, 0.4) is 0 Å². The van der Waals surface area contributed by atoms with Gasteiger partial charge >= 0.3 is 0 Å². The predicted molar refractivity (Wildman–Crippen MR) is 125 cm³/mol. The quantitative estimate of drug-likeness (QED) is 0.546. The lowest BCUT2D eigenvalue weighted by Crippen LogP contribution is -2.39. The SMILES string of the molecule is CC(=O)CCNCc1ccc(C2CCC(N(C)S(=O)(=O)c3ccc(Cl)cc3)CC2)cc1. The molecular formula is C24H31ClN2O3S. The van der Waals surface area contributed by atoms with Crippen LogP contribution >= 0.6 is 11.6 Å². The Morgan fingerprint density at radius 1 is 1.03 bits per heavy atom. The van der Waals surface area contributed by atoms with Crippen LogP contribution in [0.2, 0.25) is 5.02 Å². The zero-order valence-corrected chi connectivity index (χ0v) is 19.8. The minimum atomic E-state index is -3.51. The number of rotatable bonds is 9. The standard InChI is InChI=1S/C24H31ClN2O3S/c1-18(28)15-16-26-17-19-3-5-20(6-4-19)21-7-11-23(12-8-21)27(2)31(29,30)24-13-9-22(25)10-14-24/h3-6,9-10,13-14,21,23,26H,7-8,11-12,15-17H2,1-2H3. The van der Waals surface area contributed by atoms with Crippen molar-refractivity contribution in [3.63, 3.8) is 0 Å². The molecule has 1 aliphatic carbocycles. The van der Waals surface area contributed by atoms with Gasteiger partial charge in [0.05, 0.1) is 4.90 Å². The molecule has 31 heavy (non-hydrogen) atoms. The number of hydrogen-bond donors (Lipinski definition) is 1. The lowest BCUT2D eigenvalue weighted by molar-refractivity contribution is -0.116. The first-order chi connectivity index (χ1) is 14.8. The largest absolute Gasteiger partial charge is 0.312 e. The highest BCUT2D eigenvalue weighted by atomic mass is 35.5. The van der Waals surface area contributed by atoms with Crippen molar-refractivity contribution in [2.45, 2.75) is 62.4 Å². The normalized spacial score (nSPS) is 19.5. The Kier molecular flexibility index (Phi) is 8.28.